The highest BCUT2D eigenvalue weighted by atomic mass is 16.5. The van der Waals surface area contributed by atoms with Crippen molar-refractivity contribution in [1.29, 1.82) is 0 Å². The van der Waals surface area contributed by atoms with E-state index in [4.69, 9.17) is 4.74 Å². The summed E-state index contributed by atoms with van der Waals surface area (Å²) in [7, 11) is 0. The highest BCUT2D eigenvalue weighted by Crippen LogP contribution is 2.47. The van der Waals surface area contributed by atoms with E-state index in [1.54, 1.807) is 0 Å². The van der Waals surface area contributed by atoms with E-state index in [0.29, 0.717) is 18.7 Å². The number of rotatable bonds is 4. The molecule has 0 radical (unpaired) electrons. The Bertz CT molecular complexity index is 304. The zero-order valence-electron chi connectivity index (χ0n) is 11.3. The molecule has 1 aliphatic heterocycles. The Morgan fingerprint density at radius 3 is 2.71 bits per heavy atom. The Balaban J connectivity index is 2.06. The summed E-state index contributed by atoms with van der Waals surface area (Å²) >= 11 is 0. The molecular weight excluding hydrogens is 216 g/mol. The van der Waals surface area contributed by atoms with E-state index in [2.05, 4.69) is 31.0 Å². The van der Waals surface area contributed by atoms with E-state index >= 15 is 0 Å². The van der Waals surface area contributed by atoms with Gasteiger partial charge in [0.1, 0.15) is 0 Å². The molecule has 1 N–H and O–H groups in total. The maximum Gasteiger partial charge on any atom is 0.238 e. The van der Waals surface area contributed by atoms with Gasteiger partial charge in [-0.15, -0.1) is 0 Å². The summed E-state index contributed by atoms with van der Waals surface area (Å²) in [4.78, 5) is 14.0. The average molecular weight is 240 g/mol. The second kappa shape index (κ2) is 4.58. The number of nitrogens with one attached hydrogen (secondary N) is 1. The van der Waals surface area contributed by atoms with E-state index in [-0.39, 0.29) is 17.5 Å². The standard InChI is InChI=1S/C13H24N2O2/c1-5-11-14-8-12(16)15(11)9-7-10(17-6-2)13(9,3)4/h9-11,14H,5-8H2,1-4H3. The van der Waals surface area contributed by atoms with Crippen LogP contribution in [0.2, 0.25) is 0 Å². The SMILES string of the molecule is CCOC1CC(N2C(=O)CNC2CC)C1(C)C. The monoisotopic (exact) mass is 240 g/mol. The van der Waals surface area contributed by atoms with Gasteiger partial charge in [-0.25, -0.2) is 0 Å². The van der Waals surface area contributed by atoms with Crippen molar-refractivity contribution in [3.63, 3.8) is 0 Å². The first-order valence-corrected chi connectivity index (χ1v) is 6.68. The summed E-state index contributed by atoms with van der Waals surface area (Å²) in [6, 6.07) is 0.325. The third-order valence-electron chi connectivity index (χ3n) is 4.33. The molecule has 0 spiro atoms. The molecule has 0 aromatic carbocycles. The van der Waals surface area contributed by atoms with Crippen LogP contribution in [-0.2, 0) is 9.53 Å². The molecule has 4 nitrogen and oxygen atoms in total. The summed E-state index contributed by atoms with van der Waals surface area (Å²) in [5, 5.41) is 3.28. The first kappa shape index (κ1) is 12.8. The van der Waals surface area contributed by atoms with Crippen LogP contribution in [0.25, 0.3) is 0 Å². The third kappa shape index (κ3) is 1.97. The molecular formula is C13H24N2O2. The Morgan fingerprint density at radius 1 is 1.47 bits per heavy atom. The lowest BCUT2D eigenvalue weighted by Gasteiger charge is -2.55. The summed E-state index contributed by atoms with van der Waals surface area (Å²) in [5.74, 6) is 0.241. The topological polar surface area (TPSA) is 41.6 Å². The molecule has 0 aromatic heterocycles. The molecule has 0 aromatic rings. The van der Waals surface area contributed by atoms with E-state index in [9.17, 15) is 4.79 Å². The van der Waals surface area contributed by atoms with Crippen molar-refractivity contribution in [2.75, 3.05) is 13.2 Å². The highest BCUT2D eigenvalue weighted by Gasteiger charge is 2.54. The highest BCUT2D eigenvalue weighted by molar-refractivity contribution is 5.81. The van der Waals surface area contributed by atoms with Crippen molar-refractivity contribution in [1.82, 2.24) is 10.2 Å². The first-order valence-electron chi connectivity index (χ1n) is 6.68. The van der Waals surface area contributed by atoms with Gasteiger partial charge in [0.2, 0.25) is 5.91 Å². The summed E-state index contributed by atoms with van der Waals surface area (Å²) in [5.41, 5.74) is 0.0745. The van der Waals surface area contributed by atoms with Crippen molar-refractivity contribution in [3.8, 4) is 0 Å². The van der Waals surface area contributed by atoms with Crippen molar-refractivity contribution < 1.29 is 9.53 Å². The molecule has 17 heavy (non-hydrogen) atoms. The fraction of sp³-hybridized carbons (Fsp3) is 0.923. The molecule has 2 rings (SSSR count). The molecule has 0 bridgehead atoms. The van der Waals surface area contributed by atoms with Crippen LogP contribution in [0.5, 0.6) is 0 Å². The zero-order valence-corrected chi connectivity index (χ0v) is 11.3. The third-order valence-corrected chi connectivity index (χ3v) is 4.33. The minimum absolute atomic E-state index is 0.0745. The lowest BCUT2D eigenvalue weighted by molar-refractivity contribution is -0.167. The van der Waals surface area contributed by atoms with Crippen molar-refractivity contribution in [3.05, 3.63) is 0 Å². The minimum atomic E-state index is 0.0745. The fourth-order valence-electron chi connectivity index (χ4n) is 3.12. The van der Waals surface area contributed by atoms with Gasteiger partial charge in [0.25, 0.3) is 0 Å². The van der Waals surface area contributed by atoms with Gasteiger partial charge in [-0.2, -0.15) is 0 Å². The molecule has 1 amide bonds. The van der Waals surface area contributed by atoms with Gasteiger partial charge in [0.15, 0.2) is 0 Å². The average Bonchev–Trinajstić information content (AvgIpc) is 2.65. The predicted octanol–water partition coefficient (Wildman–Crippen LogP) is 1.36. The van der Waals surface area contributed by atoms with Crippen LogP contribution in [0, 0.1) is 5.41 Å². The summed E-state index contributed by atoms with van der Waals surface area (Å²) in [6.07, 6.45) is 2.46. The van der Waals surface area contributed by atoms with E-state index in [1.165, 1.54) is 0 Å². The molecule has 3 atom stereocenters. The van der Waals surface area contributed by atoms with Crippen molar-refractivity contribution >= 4 is 5.91 Å². The molecule has 2 fully saturated rings. The van der Waals surface area contributed by atoms with Crippen LogP contribution in [0.1, 0.15) is 40.5 Å². The smallest absolute Gasteiger partial charge is 0.238 e. The van der Waals surface area contributed by atoms with Crippen molar-refractivity contribution in [2.45, 2.75) is 58.8 Å². The molecule has 1 saturated carbocycles. The van der Waals surface area contributed by atoms with Gasteiger partial charge in [-0.05, 0) is 19.8 Å². The van der Waals surface area contributed by atoms with Crippen molar-refractivity contribution in [2.24, 2.45) is 5.41 Å². The van der Waals surface area contributed by atoms with Crippen LogP contribution in [0.4, 0.5) is 0 Å². The number of carbonyl (C=O) groups excluding carboxylic acids is 1. The Labute approximate surface area is 104 Å². The van der Waals surface area contributed by atoms with Gasteiger partial charge in [-0.3, -0.25) is 10.1 Å². The Kier molecular flexibility index (Phi) is 3.46. The number of ether oxygens (including phenoxy) is 1. The van der Waals surface area contributed by atoms with Crippen LogP contribution >= 0.6 is 0 Å². The zero-order chi connectivity index (χ0) is 12.6. The largest absolute Gasteiger partial charge is 0.378 e. The van der Waals surface area contributed by atoms with Gasteiger partial charge in [-0.1, -0.05) is 20.8 Å². The summed E-state index contributed by atoms with van der Waals surface area (Å²) in [6.45, 7) is 9.81. The maximum absolute atomic E-state index is 12.0. The lowest BCUT2D eigenvalue weighted by Crippen LogP contribution is -2.64. The first-order chi connectivity index (χ1) is 8.02. The molecule has 1 aliphatic carbocycles. The number of carbonyl (C=O) groups is 1. The lowest BCUT2D eigenvalue weighted by atomic mass is 9.63. The minimum Gasteiger partial charge on any atom is -0.378 e. The van der Waals surface area contributed by atoms with E-state index in [1.807, 2.05) is 6.92 Å². The molecule has 1 heterocycles. The maximum atomic E-state index is 12.0. The second-order valence-corrected chi connectivity index (χ2v) is 5.62. The van der Waals surface area contributed by atoms with Gasteiger partial charge in [0.05, 0.1) is 18.8 Å². The number of nitrogens with zero attached hydrogens (tertiary/aromatic N) is 1. The van der Waals surface area contributed by atoms with Gasteiger partial charge < -0.3 is 9.64 Å². The van der Waals surface area contributed by atoms with Gasteiger partial charge in [0, 0.05) is 18.1 Å². The molecule has 98 valence electrons. The molecule has 2 aliphatic rings. The number of amides is 1. The van der Waals surface area contributed by atoms with Crippen LogP contribution in [0.3, 0.4) is 0 Å². The normalized spacial score (nSPS) is 36.1. The molecule has 4 heteroatoms. The quantitative estimate of drug-likeness (QED) is 0.806. The Hall–Kier alpha value is -0.610. The second-order valence-electron chi connectivity index (χ2n) is 5.62. The van der Waals surface area contributed by atoms with Crippen LogP contribution in [-0.4, -0.2) is 42.3 Å². The fourth-order valence-corrected chi connectivity index (χ4v) is 3.12. The van der Waals surface area contributed by atoms with Crippen LogP contribution < -0.4 is 5.32 Å². The van der Waals surface area contributed by atoms with E-state index in [0.717, 1.165) is 19.4 Å². The number of hydrogen-bond acceptors (Lipinski definition) is 3. The predicted molar refractivity (Wildman–Crippen MR) is 66.5 cm³/mol. The number of hydrogen-bond donors (Lipinski definition) is 1. The van der Waals surface area contributed by atoms with Gasteiger partial charge >= 0.3 is 0 Å². The molecule has 3 unspecified atom stereocenters. The molecule has 1 saturated heterocycles. The summed E-state index contributed by atoms with van der Waals surface area (Å²) < 4.78 is 5.73. The Morgan fingerprint density at radius 2 is 2.18 bits per heavy atom. The van der Waals surface area contributed by atoms with E-state index < -0.39 is 0 Å². The van der Waals surface area contributed by atoms with Crippen LogP contribution in [0.15, 0.2) is 0 Å².